The van der Waals surface area contributed by atoms with Gasteiger partial charge in [-0.25, -0.2) is 4.39 Å². The van der Waals surface area contributed by atoms with Gasteiger partial charge < -0.3 is 10.6 Å². The number of nitrogens with one attached hydrogen (secondary N) is 2. The molecule has 0 saturated carbocycles. The molecule has 2 aromatic rings. The van der Waals surface area contributed by atoms with E-state index in [0.29, 0.717) is 13.0 Å². The first-order valence-corrected chi connectivity index (χ1v) is 7.77. The fourth-order valence-electron chi connectivity index (χ4n) is 2.28. The van der Waals surface area contributed by atoms with Gasteiger partial charge in [0.25, 0.3) is 0 Å². The van der Waals surface area contributed by atoms with E-state index in [1.807, 2.05) is 0 Å². The average Bonchev–Trinajstić information content (AvgIpc) is 2.56. The number of anilines is 1. The summed E-state index contributed by atoms with van der Waals surface area (Å²) < 4.78 is 51.3. The van der Waals surface area contributed by atoms with Gasteiger partial charge >= 0.3 is 6.18 Å². The van der Waals surface area contributed by atoms with Crippen molar-refractivity contribution in [1.29, 1.82) is 0 Å². The van der Waals surface area contributed by atoms with E-state index >= 15 is 0 Å². The number of para-hydroxylation sites is 1. The molecule has 7 heteroatoms. The van der Waals surface area contributed by atoms with Gasteiger partial charge in [-0.05, 0) is 36.2 Å². The van der Waals surface area contributed by atoms with E-state index in [-0.39, 0.29) is 30.4 Å². The molecule has 0 aromatic heterocycles. The first-order valence-electron chi connectivity index (χ1n) is 7.77. The molecule has 0 bridgehead atoms. The highest BCUT2D eigenvalue weighted by atomic mass is 19.4. The number of rotatable bonds is 7. The molecule has 2 rings (SSSR count). The summed E-state index contributed by atoms with van der Waals surface area (Å²) in [5.74, 6) is -0.586. The van der Waals surface area contributed by atoms with Crippen LogP contribution in [0.25, 0.3) is 0 Å². The summed E-state index contributed by atoms with van der Waals surface area (Å²) in [5, 5.41) is 5.32. The Kier molecular flexibility index (Phi) is 6.38. The standard InChI is InChI=1S/C18H18F4N2O/c19-14-7-5-13(6-8-14)9-11-24-17(25)10-12-23-16-4-2-1-3-15(16)18(20,21)22/h1-8,23H,9-12H2,(H,24,25). The van der Waals surface area contributed by atoms with Gasteiger partial charge in [0.15, 0.2) is 0 Å². The normalized spacial score (nSPS) is 11.2. The Morgan fingerprint density at radius 1 is 0.960 bits per heavy atom. The van der Waals surface area contributed by atoms with Gasteiger partial charge in [0, 0.05) is 25.2 Å². The van der Waals surface area contributed by atoms with Gasteiger partial charge in [0.1, 0.15) is 5.82 Å². The van der Waals surface area contributed by atoms with E-state index in [4.69, 9.17) is 0 Å². The molecule has 0 aliphatic carbocycles. The number of benzene rings is 2. The van der Waals surface area contributed by atoms with Crippen LogP contribution >= 0.6 is 0 Å². The molecule has 0 spiro atoms. The van der Waals surface area contributed by atoms with Crippen molar-refractivity contribution in [3.05, 3.63) is 65.5 Å². The lowest BCUT2D eigenvalue weighted by molar-refractivity contribution is -0.137. The summed E-state index contributed by atoms with van der Waals surface area (Å²) in [6, 6.07) is 11.1. The lowest BCUT2D eigenvalue weighted by atomic mass is 10.1. The smallest absolute Gasteiger partial charge is 0.384 e. The highest BCUT2D eigenvalue weighted by molar-refractivity contribution is 5.76. The van der Waals surface area contributed by atoms with E-state index in [2.05, 4.69) is 10.6 Å². The molecule has 0 radical (unpaired) electrons. The third kappa shape index (κ3) is 6.10. The Morgan fingerprint density at radius 3 is 2.32 bits per heavy atom. The Balaban J connectivity index is 1.73. The van der Waals surface area contributed by atoms with E-state index in [0.717, 1.165) is 11.6 Å². The molecule has 2 aromatic carbocycles. The van der Waals surface area contributed by atoms with Crippen LogP contribution in [-0.4, -0.2) is 19.0 Å². The zero-order chi connectivity index (χ0) is 18.3. The Bertz CT molecular complexity index is 699. The maximum atomic E-state index is 12.8. The van der Waals surface area contributed by atoms with Crippen molar-refractivity contribution >= 4 is 11.6 Å². The predicted octanol–water partition coefficient (Wildman–Crippen LogP) is 4.01. The maximum Gasteiger partial charge on any atom is 0.418 e. The Labute approximate surface area is 143 Å². The maximum absolute atomic E-state index is 12.8. The zero-order valence-corrected chi connectivity index (χ0v) is 13.4. The lowest BCUT2D eigenvalue weighted by Gasteiger charge is -2.14. The molecule has 2 N–H and O–H groups in total. The Morgan fingerprint density at radius 2 is 1.64 bits per heavy atom. The van der Waals surface area contributed by atoms with Crippen molar-refractivity contribution < 1.29 is 22.4 Å². The minimum atomic E-state index is -4.44. The largest absolute Gasteiger partial charge is 0.418 e. The highest BCUT2D eigenvalue weighted by Crippen LogP contribution is 2.34. The fraction of sp³-hybridized carbons (Fsp3) is 0.278. The first kappa shape index (κ1) is 18.8. The molecule has 0 heterocycles. The summed E-state index contributed by atoms with van der Waals surface area (Å²) >= 11 is 0. The van der Waals surface area contributed by atoms with Crippen molar-refractivity contribution in [2.45, 2.75) is 19.0 Å². The minimum absolute atomic E-state index is 0.0471. The van der Waals surface area contributed by atoms with Gasteiger partial charge in [0.2, 0.25) is 5.91 Å². The number of hydrogen-bond acceptors (Lipinski definition) is 2. The Hall–Kier alpha value is -2.57. The molecule has 0 saturated heterocycles. The van der Waals surface area contributed by atoms with Crippen molar-refractivity contribution in [3.8, 4) is 0 Å². The third-order valence-electron chi connectivity index (χ3n) is 3.55. The molecule has 1 amide bonds. The quantitative estimate of drug-likeness (QED) is 0.738. The molecule has 0 unspecified atom stereocenters. The van der Waals surface area contributed by atoms with Gasteiger partial charge in [-0.15, -0.1) is 0 Å². The summed E-state index contributed by atoms with van der Waals surface area (Å²) in [7, 11) is 0. The van der Waals surface area contributed by atoms with E-state index < -0.39 is 11.7 Å². The summed E-state index contributed by atoms with van der Waals surface area (Å²) in [6.07, 6.45) is -3.84. The van der Waals surface area contributed by atoms with Crippen LogP contribution in [0, 0.1) is 5.82 Å². The fourth-order valence-corrected chi connectivity index (χ4v) is 2.28. The number of carbonyl (C=O) groups excluding carboxylic acids is 1. The first-order chi connectivity index (χ1) is 11.9. The van der Waals surface area contributed by atoms with Crippen LogP contribution in [0.5, 0.6) is 0 Å². The second kappa shape index (κ2) is 8.50. The van der Waals surface area contributed by atoms with Crippen LogP contribution in [0.1, 0.15) is 17.5 Å². The molecule has 3 nitrogen and oxygen atoms in total. The molecular formula is C18H18F4N2O. The van der Waals surface area contributed by atoms with Crippen molar-refractivity contribution in [3.63, 3.8) is 0 Å². The van der Waals surface area contributed by atoms with Crippen LogP contribution in [0.2, 0.25) is 0 Å². The van der Waals surface area contributed by atoms with E-state index in [1.54, 1.807) is 12.1 Å². The second-order valence-corrected chi connectivity index (χ2v) is 5.45. The third-order valence-corrected chi connectivity index (χ3v) is 3.55. The molecule has 0 aliphatic rings. The lowest BCUT2D eigenvalue weighted by Crippen LogP contribution is -2.27. The summed E-state index contributed by atoms with van der Waals surface area (Å²) in [6.45, 7) is 0.471. The highest BCUT2D eigenvalue weighted by Gasteiger charge is 2.32. The topological polar surface area (TPSA) is 41.1 Å². The number of hydrogen-bond donors (Lipinski definition) is 2. The molecule has 25 heavy (non-hydrogen) atoms. The minimum Gasteiger partial charge on any atom is -0.384 e. The zero-order valence-electron chi connectivity index (χ0n) is 13.4. The van der Waals surface area contributed by atoms with Crippen LogP contribution in [-0.2, 0) is 17.4 Å². The van der Waals surface area contributed by atoms with Crippen LogP contribution in [0.3, 0.4) is 0 Å². The summed E-state index contributed by atoms with van der Waals surface area (Å²) in [5.41, 5.74) is 0.0831. The summed E-state index contributed by atoms with van der Waals surface area (Å²) in [4.78, 5) is 11.7. The van der Waals surface area contributed by atoms with Gasteiger partial charge in [-0.2, -0.15) is 13.2 Å². The molecule has 0 aliphatic heterocycles. The van der Waals surface area contributed by atoms with Crippen molar-refractivity contribution in [2.75, 3.05) is 18.4 Å². The van der Waals surface area contributed by atoms with Crippen LogP contribution in [0.4, 0.5) is 23.2 Å². The SMILES string of the molecule is O=C(CCNc1ccccc1C(F)(F)F)NCCc1ccc(F)cc1. The van der Waals surface area contributed by atoms with Crippen LogP contribution < -0.4 is 10.6 Å². The van der Waals surface area contributed by atoms with Crippen molar-refractivity contribution in [2.24, 2.45) is 0 Å². The molecule has 134 valence electrons. The van der Waals surface area contributed by atoms with E-state index in [1.165, 1.54) is 30.3 Å². The van der Waals surface area contributed by atoms with Gasteiger partial charge in [0.05, 0.1) is 5.56 Å². The molecular weight excluding hydrogens is 336 g/mol. The van der Waals surface area contributed by atoms with Gasteiger partial charge in [-0.3, -0.25) is 4.79 Å². The second-order valence-electron chi connectivity index (χ2n) is 5.45. The number of halogens is 4. The molecule has 0 atom stereocenters. The number of carbonyl (C=O) groups is 1. The van der Waals surface area contributed by atoms with Gasteiger partial charge in [-0.1, -0.05) is 24.3 Å². The van der Waals surface area contributed by atoms with Crippen LogP contribution in [0.15, 0.2) is 48.5 Å². The number of alkyl halides is 3. The monoisotopic (exact) mass is 354 g/mol. The predicted molar refractivity (Wildman–Crippen MR) is 87.7 cm³/mol. The average molecular weight is 354 g/mol. The van der Waals surface area contributed by atoms with Crippen molar-refractivity contribution in [1.82, 2.24) is 5.32 Å². The molecule has 0 fully saturated rings. The number of amides is 1. The van der Waals surface area contributed by atoms with E-state index in [9.17, 15) is 22.4 Å².